The van der Waals surface area contributed by atoms with Crippen molar-refractivity contribution in [2.75, 3.05) is 20.7 Å². The van der Waals surface area contributed by atoms with Crippen molar-refractivity contribution in [1.82, 2.24) is 19.7 Å². The molecule has 0 saturated carbocycles. The number of hydrogen-bond donors (Lipinski definition) is 0. The van der Waals surface area contributed by atoms with Crippen LogP contribution in [0.5, 0.6) is 5.75 Å². The number of carbonyl (C=O) groups excluding carboxylic acids is 1. The van der Waals surface area contributed by atoms with Crippen molar-refractivity contribution < 1.29 is 9.53 Å². The number of ether oxygens (including phenoxy) is 1. The summed E-state index contributed by atoms with van der Waals surface area (Å²) >= 11 is 1.41. The molecule has 1 unspecified atom stereocenters. The minimum Gasteiger partial charge on any atom is -0.494 e. The number of amides is 1. The van der Waals surface area contributed by atoms with E-state index < -0.39 is 0 Å². The molecule has 2 aromatic carbocycles. The number of hydrogen-bond acceptors (Lipinski definition) is 5. The highest BCUT2D eigenvalue weighted by molar-refractivity contribution is 8.00. The van der Waals surface area contributed by atoms with Crippen molar-refractivity contribution in [1.29, 1.82) is 0 Å². The fourth-order valence-electron chi connectivity index (χ4n) is 2.96. The first-order valence-corrected chi connectivity index (χ1v) is 10.5. The van der Waals surface area contributed by atoms with Crippen LogP contribution in [0.25, 0.3) is 5.69 Å². The van der Waals surface area contributed by atoms with E-state index in [2.05, 4.69) is 22.3 Å². The smallest absolute Gasteiger partial charge is 0.235 e. The molecule has 1 amide bonds. The lowest BCUT2D eigenvalue weighted by Gasteiger charge is -2.17. The van der Waals surface area contributed by atoms with Gasteiger partial charge in [-0.05, 0) is 43.7 Å². The predicted molar refractivity (Wildman–Crippen MR) is 116 cm³/mol. The molecule has 0 aliphatic rings. The van der Waals surface area contributed by atoms with Gasteiger partial charge >= 0.3 is 0 Å². The molecule has 0 N–H and O–H groups in total. The van der Waals surface area contributed by atoms with Crippen LogP contribution in [-0.2, 0) is 11.2 Å². The van der Waals surface area contributed by atoms with Crippen LogP contribution >= 0.6 is 11.8 Å². The van der Waals surface area contributed by atoms with E-state index in [0.29, 0.717) is 18.2 Å². The van der Waals surface area contributed by atoms with Gasteiger partial charge in [0.15, 0.2) is 5.16 Å². The summed E-state index contributed by atoms with van der Waals surface area (Å²) in [6.07, 6.45) is 0.650. The summed E-state index contributed by atoms with van der Waals surface area (Å²) in [6, 6.07) is 18.0. The van der Waals surface area contributed by atoms with Crippen LogP contribution < -0.4 is 4.74 Å². The van der Waals surface area contributed by atoms with E-state index >= 15 is 0 Å². The summed E-state index contributed by atoms with van der Waals surface area (Å²) in [5.41, 5.74) is 2.09. The number of aromatic nitrogens is 3. The van der Waals surface area contributed by atoms with Crippen LogP contribution in [0.1, 0.15) is 25.2 Å². The Kier molecular flexibility index (Phi) is 6.93. The monoisotopic (exact) mass is 410 g/mol. The zero-order valence-electron chi connectivity index (χ0n) is 17.2. The molecule has 7 heteroatoms. The van der Waals surface area contributed by atoms with Crippen molar-refractivity contribution >= 4 is 17.7 Å². The Morgan fingerprint density at radius 2 is 1.79 bits per heavy atom. The molecule has 0 radical (unpaired) electrons. The first kappa shape index (κ1) is 20.9. The maximum absolute atomic E-state index is 12.3. The van der Waals surface area contributed by atoms with Gasteiger partial charge in [-0.25, -0.2) is 0 Å². The second-order valence-electron chi connectivity index (χ2n) is 6.82. The lowest BCUT2D eigenvalue weighted by molar-refractivity contribution is -0.127. The zero-order valence-corrected chi connectivity index (χ0v) is 18.0. The molecule has 1 heterocycles. The quantitative estimate of drug-likeness (QED) is 0.528. The summed E-state index contributed by atoms with van der Waals surface area (Å²) in [5, 5.41) is 9.28. The summed E-state index contributed by atoms with van der Waals surface area (Å²) in [5.74, 6) is 1.69. The lowest BCUT2D eigenvalue weighted by Crippen LogP contribution is -2.29. The standard InChI is InChI=1S/C22H26N4O2S/c1-5-28-19-13-11-18(12-14-19)26-20(15-17-9-7-6-8-10-17)23-24-22(26)29-16(2)21(27)25(3)4/h6-14,16H,5,15H2,1-4H3. The highest BCUT2D eigenvalue weighted by Gasteiger charge is 2.22. The molecule has 0 saturated heterocycles. The summed E-state index contributed by atoms with van der Waals surface area (Å²) in [4.78, 5) is 13.9. The maximum atomic E-state index is 12.3. The number of carbonyl (C=O) groups is 1. The highest BCUT2D eigenvalue weighted by Crippen LogP contribution is 2.28. The highest BCUT2D eigenvalue weighted by atomic mass is 32.2. The van der Waals surface area contributed by atoms with Gasteiger partial charge in [0.2, 0.25) is 5.91 Å². The van der Waals surface area contributed by atoms with Crippen LogP contribution in [0.3, 0.4) is 0 Å². The van der Waals surface area contributed by atoms with Gasteiger partial charge < -0.3 is 9.64 Å². The fourth-order valence-corrected chi connectivity index (χ4v) is 3.99. The maximum Gasteiger partial charge on any atom is 0.235 e. The second kappa shape index (κ2) is 9.60. The van der Waals surface area contributed by atoms with Gasteiger partial charge in [0, 0.05) is 26.2 Å². The van der Waals surface area contributed by atoms with Gasteiger partial charge in [0.1, 0.15) is 11.6 Å². The Bertz CT molecular complexity index is 939. The molecule has 152 valence electrons. The molecule has 0 aliphatic carbocycles. The second-order valence-corrected chi connectivity index (χ2v) is 8.12. The van der Waals surface area contributed by atoms with E-state index in [4.69, 9.17) is 4.74 Å². The molecule has 1 atom stereocenters. The molecule has 6 nitrogen and oxygen atoms in total. The van der Waals surface area contributed by atoms with Crippen molar-refractivity contribution in [3.05, 3.63) is 66.0 Å². The SMILES string of the molecule is CCOc1ccc(-n2c(Cc3ccccc3)nnc2SC(C)C(=O)N(C)C)cc1. The molecule has 3 rings (SSSR count). The van der Waals surface area contributed by atoms with E-state index in [1.54, 1.807) is 19.0 Å². The zero-order chi connectivity index (χ0) is 20.8. The fraction of sp³-hybridized carbons (Fsp3) is 0.318. The topological polar surface area (TPSA) is 60.2 Å². The summed E-state index contributed by atoms with van der Waals surface area (Å²) < 4.78 is 7.58. The van der Waals surface area contributed by atoms with Crippen molar-refractivity contribution in [3.8, 4) is 11.4 Å². The predicted octanol–water partition coefficient (Wildman–Crippen LogP) is 3.83. The Hall–Kier alpha value is -2.80. The average Bonchev–Trinajstić information content (AvgIpc) is 3.10. The molecular weight excluding hydrogens is 384 g/mol. The van der Waals surface area contributed by atoms with Crippen LogP contribution in [0.15, 0.2) is 59.8 Å². The first-order valence-electron chi connectivity index (χ1n) is 9.59. The molecule has 0 aliphatic heterocycles. The summed E-state index contributed by atoms with van der Waals surface area (Å²) in [6.45, 7) is 4.47. The van der Waals surface area contributed by atoms with E-state index in [1.807, 2.05) is 60.9 Å². The third kappa shape index (κ3) is 5.17. The van der Waals surface area contributed by atoms with Gasteiger partial charge in [0.05, 0.1) is 11.9 Å². The molecule has 0 spiro atoms. The van der Waals surface area contributed by atoms with Crippen molar-refractivity contribution in [3.63, 3.8) is 0 Å². The third-order valence-corrected chi connectivity index (χ3v) is 5.41. The number of rotatable bonds is 8. The number of thioether (sulfide) groups is 1. The van der Waals surface area contributed by atoms with Crippen LogP contribution in [0, 0.1) is 0 Å². The van der Waals surface area contributed by atoms with Gasteiger partial charge in [-0.15, -0.1) is 10.2 Å². The number of nitrogens with zero attached hydrogens (tertiary/aromatic N) is 4. The number of benzene rings is 2. The molecule has 1 aromatic heterocycles. The van der Waals surface area contributed by atoms with E-state index in [9.17, 15) is 4.79 Å². The van der Waals surface area contributed by atoms with Gasteiger partial charge in [-0.1, -0.05) is 42.1 Å². The van der Waals surface area contributed by atoms with Gasteiger partial charge in [-0.3, -0.25) is 9.36 Å². The molecule has 0 fully saturated rings. The van der Waals surface area contributed by atoms with Crippen LogP contribution in [0.2, 0.25) is 0 Å². The molecule has 29 heavy (non-hydrogen) atoms. The largest absolute Gasteiger partial charge is 0.494 e. The Morgan fingerprint density at radius 1 is 1.10 bits per heavy atom. The van der Waals surface area contributed by atoms with Crippen molar-refractivity contribution in [2.24, 2.45) is 0 Å². The summed E-state index contributed by atoms with van der Waals surface area (Å²) in [7, 11) is 3.52. The normalized spacial score (nSPS) is 11.9. The Balaban J connectivity index is 1.96. The van der Waals surface area contributed by atoms with E-state index in [1.165, 1.54) is 11.8 Å². The molecule has 0 bridgehead atoms. The molecule has 3 aromatic rings. The van der Waals surface area contributed by atoms with Crippen LogP contribution in [-0.4, -0.2) is 51.5 Å². The van der Waals surface area contributed by atoms with Crippen LogP contribution in [0.4, 0.5) is 0 Å². The Morgan fingerprint density at radius 3 is 2.41 bits per heavy atom. The average molecular weight is 411 g/mol. The third-order valence-electron chi connectivity index (χ3n) is 4.38. The van der Waals surface area contributed by atoms with Gasteiger partial charge in [0.25, 0.3) is 0 Å². The molecular formula is C22H26N4O2S. The minimum atomic E-state index is -0.264. The van der Waals surface area contributed by atoms with Gasteiger partial charge in [-0.2, -0.15) is 0 Å². The lowest BCUT2D eigenvalue weighted by atomic mass is 10.1. The van der Waals surface area contributed by atoms with Crippen molar-refractivity contribution in [2.45, 2.75) is 30.7 Å². The first-order chi connectivity index (χ1) is 14.0. The Labute approximate surface area is 175 Å². The van der Waals surface area contributed by atoms with E-state index in [-0.39, 0.29) is 11.2 Å². The van der Waals surface area contributed by atoms with E-state index in [0.717, 1.165) is 22.8 Å². The minimum absolute atomic E-state index is 0.0425.